The van der Waals surface area contributed by atoms with Crippen molar-refractivity contribution in [1.82, 2.24) is 20.0 Å². The Balaban J connectivity index is 1.38. The van der Waals surface area contributed by atoms with Crippen molar-refractivity contribution in [3.8, 4) is 0 Å². The maximum absolute atomic E-state index is 14.5. The molecule has 1 N–H and O–H groups in total. The lowest BCUT2D eigenvalue weighted by molar-refractivity contribution is 0.0622. The fraction of sp³-hybridized carbons (Fsp3) is 0.348. The first kappa shape index (κ1) is 18.9. The molecule has 7 heteroatoms. The van der Waals surface area contributed by atoms with E-state index in [1.165, 1.54) is 18.9 Å². The molecule has 6 nitrogen and oxygen atoms in total. The van der Waals surface area contributed by atoms with E-state index in [2.05, 4.69) is 15.1 Å². The Kier molecular flexibility index (Phi) is 4.83. The summed E-state index contributed by atoms with van der Waals surface area (Å²) in [5.41, 5.74) is 1.32. The minimum atomic E-state index is -0.507. The molecule has 5 rings (SSSR count). The van der Waals surface area contributed by atoms with Crippen LogP contribution in [0.25, 0.3) is 10.8 Å². The molecule has 0 atom stereocenters. The number of carbonyl (C=O) groups excluding carboxylic acids is 1. The highest BCUT2D eigenvalue weighted by atomic mass is 19.1. The van der Waals surface area contributed by atoms with Gasteiger partial charge in [0.05, 0.1) is 16.6 Å². The standard InChI is InChI=1S/C23H23FN4O2/c24-20-8-5-15(14-21-17-3-1-2-4-18(17)22(29)26-25-21)13-19(20)23(30)28-11-9-27(10-12-28)16-6-7-16/h1-5,8,13,16H,6-7,9-12,14H2,(H,26,29). The predicted molar refractivity (Wildman–Crippen MR) is 112 cm³/mol. The van der Waals surface area contributed by atoms with Crippen LogP contribution in [0, 0.1) is 5.82 Å². The van der Waals surface area contributed by atoms with Crippen LogP contribution in [0.4, 0.5) is 4.39 Å². The highest BCUT2D eigenvalue weighted by molar-refractivity contribution is 5.95. The lowest BCUT2D eigenvalue weighted by atomic mass is 10.0. The summed E-state index contributed by atoms with van der Waals surface area (Å²) in [6.45, 7) is 2.96. The average molecular weight is 406 g/mol. The van der Waals surface area contributed by atoms with Gasteiger partial charge in [0.1, 0.15) is 5.82 Å². The molecule has 1 saturated carbocycles. The van der Waals surface area contributed by atoms with Crippen molar-refractivity contribution in [1.29, 1.82) is 0 Å². The number of benzene rings is 2. The highest BCUT2D eigenvalue weighted by Crippen LogP contribution is 2.28. The second-order valence-electron chi connectivity index (χ2n) is 8.10. The van der Waals surface area contributed by atoms with Crippen molar-refractivity contribution in [3.05, 3.63) is 75.5 Å². The van der Waals surface area contributed by atoms with E-state index in [-0.39, 0.29) is 17.0 Å². The third kappa shape index (κ3) is 3.61. The van der Waals surface area contributed by atoms with Gasteiger partial charge in [-0.05, 0) is 36.6 Å². The summed E-state index contributed by atoms with van der Waals surface area (Å²) in [5.74, 6) is -0.767. The largest absolute Gasteiger partial charge is 0.336 e. The third-order valence-electron chi connectivity index (χ3n) is 6.07. The maximum Gasteiger partial charge on any atom is 0.272 e. The number of nitrogens with one attached hydrogen (secondary N) is 1. The lowest BCUT2D eigenvalue weighted by Gasteiger charge is -2.35. The Morgan fingerprint density at radius 2 is 1.80 bits per heavy atom. The first-order chi connectivity index (χ1) is 14.6. The van der Waals surface area contributed by atoms with Gasteiger partial charge in [0, 0.05) is 44.0 Å². The number of hydrogen-bond donors (Lipinski definition) is 1. The summed E-state index contributed by atoms with van der Waals surface area (Å²) in [6, 6.07) is 12.6. The molecule has 0 radical (unpaired) electrons. The zero-order valence-corrected chi connectivity index (χ0v) is 16.6. The Bertz CT molecular complexity index is 1160. The Hall–Kier alpha value is -3.06. The van der Waals surface area contributed by atoms with E-state index in [1.807, 2.05) is 12.1 Å². The Morgan fingerprint density at radius 1 is 1.07 bits per heavy atom. The summed E-state index contributed by atoms with van der Waals surface area (Å²) >= 11 is 0. The van der Waals surface area contributed by atoms with Crippen molar-refractivity contribution in [2.75, 3.05) is 26.2 Å². The van der Waals surface area contributed by atoms with Gasteiger partial charge in [0.25, 0.3) is 11.5 Å². The Labute approximate surface area is 173 Å². The summed E-state index contributed by atoms with van der Waals surface area (Å²) in [7, 11) is 0. The molecular weight excluding hydrogens is 383 g/mol. The molecule has 2 aromatic carbocycles. The summed E-state index contributed by atoms with van der Waals surface area (Å²) in [4.78, 5) is 29.1. The normalized spacial score (nSPS) is 17.4. The summed E-state index contributed by atoms with van der Waals surface area (Å²) < 4.78 is 14.5. The van der Waals surface area contributed by atoms with Crippen molar-refractivity contribution in [2.24, 2.45) is 0 Å². The monoisotopic (exact) mass is 406 g/mol. The molecule has 1 saturated heterocycles. The number of piperazine rings is 1. The van der Waals surface area contributed by atoms with Gasteiger partial charge in [-0.2, -0.15) is 5.10 Å². The summed E-state index contributed by atoms with van der Waals surface area (Å²) in [5, 5.41) is 8.03. The van der Waals surface area contributed by atoms with E-state index < -0.39 is 5.82 Å². The molecule has 1 aliphatic heterocycles. The van der Waals surface area contributed by atoms with E-state index in [0.29, 0.717) is 36.6 Å². The molecule has 1 aliphatic carbocycles. The van der Waals surface area contributed by atoms with Crippen LogP contribution in [0.1, 0.15) is 34.5 Å². The number of H-pyrrole nitrogens is 1. The number of halogens is 1. The number of aromatic nitrogens is 2. The topological polar surface area (TPSA) is 69.3 Å². The van der Waals surface area contributed by atoms with E-state index in [4.69, 9.17) is 0 Å². The van der Waals surface area contributed by atoms with Gasteiger partial charge in [-0.15, -0.1) is 0 Å². The number of fused-ring (bicyclic) bond motifs is 1. The molecule has 2 heterocycles. The van der Waals surface area contributed by atoms with Crippen LogP contribution in [0.5, 0.6) is 0 Å². The minimum absolute atomic E-state index is 0.0982. The van der Waals surface area contributed by atoms with Crippen molar-refractivity contribution in [2.45, 2.75) is 25.3 Å². The first-order valence-corrected chi connectivity index (χ1v) is 10.4. The number of carbonyl (C=O) groups is 1. The highest BCUT2D eigenvalue weighted by Gasteiger charge is 2.32. The van der Waals surface area contributed by atoms with Crippen LogP contribution in [-0.4, -0.2) is 58.1 Å². The molecule has 154 valence electrons. The van der Waals surface area contributed by atoms with Gasteiger partial charge >= 0.3 is 0 Å². The molecule has 2 fully saturated rings. The number of aromatic amines is 1. The van der Waals surface area contributed by atoms with Gasteiger partial charge in [0.15, 0.2) is 0 Å². The van der Waals surface area contributed by atoms with Gasteiger partial charge in [-0.3, -0.25) is 14.5 Å². The number of hydrogen-bond acceptors (Lipinski definition) is 4. The second-order valence-corrected chi connectivity index (χ2v) is 8.10. The molecule has 0 spiro atoms. The van der Waals surface area contributed by atoms with Crippen LogP contribution in [0.2, 0.25) is 0 Å². The van der Waals surface area contributed by atoms with Crippen molar-refractivity contribution in [3.63, 3.8) is 0 Å². The fourth-order valence-corrected chi connectivity index (χ4v) is 4.25. The van der Waals surface area contributed by atoms with Gasteiger partial charge < -0.3 is 4.90 Å². The number of rotatable bonds is 4. The minimum Gasteiger partial charge on any atom is -0.336 e. The van der Waals surface area contributed by atoms with Crippen LogP contribution in [0.15, 0.2) is 47.3 Å². The second kappa shape index (κ2) is 7.65. The molecule has 2 aliphatic rings. The lowest BCUT2D eigenvalue weighted by Crippen LogP contribution is -2.49. The molecule has 1 aromatic heterocycles. The smallest absolute Gasteiger partial charge is 0.272 e. The van der Waals surface area contributed by atoms with E-state index >= 15 is 0 Å². The van der Waals surface area contributed by atoms with E-state index in [9.17, 15) is 14.0 Å². The van der Waals surface area contributed by atoms with E-state index in [1.54, 1.807) is 29.2 Å². The molecular formula is C23H23FN4O2. The molecule has 1 amide bonds. The predicted octanol–water partition coefficient (Wildman–Crippen LogP) is 2.57. The zero-order valence-electron chi connectivity index (χ0n) is 16.6. The average Bonchev–Trinajstić information content (AvgIpc) is 3.62. The van der Waals surface area contributed by atoms with Gasteiger partial charge in [0.2, 0.25) is 0 Å². The van der Waals surface area contributed by atoms with Gasteiger partial charge in [-0.1, -0.05) is 24.3 Å². The van der Waals surface area contributed by atoms with Crippen molar-refractivity contribution < 1.29 is 9.18 Å². The van der Waals surface area contributed by atoms with E-state index in [0.717, 1.165) is 24.0 Å². The van der Waals surface area contributed by atoms with Crippen molar-refractivity contribution >= 4 is 16.7 Å². The van der Waals surface area contributed by atoms with Crippen LogP contribution < -0.4 is 5.56 Å². The van der Waals surface area contributed by atoms with Crippen LogP contribution in [-0.2, 0) is 6.42 Å². The first-order valence-electron chi connectivity index (χ1n) is 10.4. The number of amides is 1. The molecule has 3 aromatic rings. The summed E-state index contributed by atoms with van der Waals surface area (Å²) in [6.07, 6.45) is 2.89. The molecule has 0 unspecified atom stereocenters. The molecule has 30 heavy (non-hydrogen) atoms. The fourth-order valence-electron chi connectivity index (χ4n) is 4.25. The maximum atomic E-state index is 14.5. The Morgan fingerprint density at radius 3 is 2.53 bits per heavy atom. The SMILES string of the molecule is O=C(c1cc(Cc2n[nH]c(=O)c3ccccc23)ccc1F)N1CCN(C2CC2)CC1. The third-order valence-corrected chi connectivity index (χ3v) is 6.07. The quantitative estimate of drug-likeness (QED) is 0.723. The van der Waals surface area contributed by atoms with Gasteiger partial charge in [-0.25, -0.2) is 9.49 Å². The van der Waals surface area contributed by atoms with Crippen LogP contribution >= 0.6 is 0 Å². The van der Waals surface area contributed by atoms with Crippen LogP contribution in [0.3, 0.4) is 0 Å². The molecule has 0 bridgehead atoms. The number of nitrogens with zero attached hydrogens (tertiary/aromatic N) is 3. The zero-order chi connectivity index (χ0) is 20.7.